The number of likely N-dealkylation sites (tertiary alicyclic amines) is 1. The summed E-state index contributed by atoms with van der Waals surface area (Å²) in [6.07, 6.45) is 3.49. The molecule has 1 aliphatic heterocycles. The first kappa shape index (κ1) is 27.9. The van der Waals surface area contributed by atoms with Gasteiger partial charge in [0.05, 0.1) is 27.6 Å². The van der Waals surface area contributed by atoms with Crippen molar-refractivity contribution in [3.63, 3.8) is 0 Å². The second-order valence-corrected chi connectivity index (χ2v) is 12.0. The van der Waals surface area contributed by atoms with E-state index in [0.717, 1.165) is 71.6 Å². The number of imidazole rings is 1. The highest BCUT2D eigenvalue weighted by Crippen LogP contribution is 2.33. The van der Waals surface area contributed by atoms with Crippen molar-refractivity contribution >= 4 is 27.6 Å². The van der Waals surface area contributed by atoms with Crippen LogP contribution in [0.5, 0.6) is 0 Å². The topological polar surface area (TPSA) is 98.8 Å². The number of pyridine rings is 2. The Morgan fingerprint density at radius 3 is 2.43 bits per heavy atom. The summed E-state index contributed by atoms with van der Waals surface area (Å²) in [7, 11) is 0. The van der Waals surface area contributed by atoms with Gasteiger partial charge in [-0.25, -0.2) is 9.78 Å². The maximum atomic E-state index is 12.9. The van der Waals surface area contributed by atoms with E-state index in [4.69, 9.17) is 4.98 Å². The van der Waals surface area contributed by atoms with Crippen molar-refractivity contribution < 1.29 is 0 Å². The van der Waals surface area contributed by atoms with Crippen LogP contribution >= 0.6 is 0 Å². The van der Waals surface area contributed by atoms with Gasteiger partial charge < -0.3 is 15.3 Å². The number of piperidine rings is 1. The Labute approximate surface area is 255 Å². The fraction of sp³-hybridized carbons (Fsp3) is 0.250. The number of anilines is 1. The van der Waals surface area contributed by atoms with Crippen LogP contribution in [0.15, 0.2) is 101 Å². The van der Waals surface area contributed by atoms with Gasteiger partial charge in [0.1, 0.15) is 0 Å². The Bertz CT molecular complexity index is 2050. The predicted molar refractivity (Wildman–Crippen MR) is 178 cm³/mol. The van der Waals surface area contributed by atoms with Crippen molar-refractivity contribution in [3.8, 4) is 22.4 Å². The van der Waals surface area contributed by atoms with Crippen LogP contribution < -0.4 is 16.6 Å². The number of aromatic amines is 2. The van der Waals surface area contributed by atoms with E-state index < -0.39 is 0 Å². The lowest BCUT2D eigenvalue weighted by molar-refractivity contribution is 0.180. The molecule has 4 heterocycles. The Morgan fingerprint density at radius 2 is 1.68 bits per heavy atom. The molecule has 1 aliphatic rings. The molecular weight excluding hydrogens is 548 g/mol. The summed E-state index contributed by atoms with van der Waals surface area (Å²) in [5.41, 5.74) is 8.46. The highest BCUT2D eigenvalue weighted by Gasteiger charge is 2.24. The molecule has 0 unspecified atom stereocenters. The quantitative estimate of drug-likeness (QED) is 0.198. The average molecular weight is 585 g/mol. The number of nitrogens with zero attached hydrogens (tertiary/aromatic N) is 3. The van der Waals surface area contributed by atoms with E-state index in [2.05, 4.69) is 64.4 Å². The molecule has 8 nitrogen and oxygen atoms in total. The van der Waals surface area contributed by atoms with Crippen molar-refractivity contribution in [3.05, 3.63) is 118 Å². The van der Waals surface area contributed by atoms with Crippen LogP contribution in [0.25, 0.3) is 44.3 Å². The summed E-state index contributed by atoms with van der Waals surface area (Å²) in [5, 5.41) is 4.03. The highest BCUT2D eigenvalue weighted by atomic mass is 16.1. The molecule has 3 N–H and O–H groups in total. The lowest BCUT2D eigenvalue weighted by atomic mass is 9.97. The molecule has 0 amide bonds. The zero-order valence-corrected chi connectivity index (χ0v) is 25.0. The number of hydrogen-bond acceptors (Lipinski definition) is 5. The molecule has 0 radical (unpaired) electrons. The van der Waals surface area contributed by atoms with Gasteiger partial charge in [0, 0.05) is 54.7 Å². The molecule has 0 atom stereocenters. The summed E-state index contributed by atoms with van der Waals surface area (Å²) in [4.78, 5) is 38.7. The monoisotopic (exact) mass is 584 g/mol. The third-order valence-corrected chi connectivity index (χ3v) is 8.57. The molecule has 1 fully saturated rings. The minimum absolute atomic E-state index is 0.0301. The van der Waals surface area contributed by atoms with E-state index in [1.54, 1.807) is 6.20 Å². The molecule has 6 aromatic rings. The maximum absolute atomic E-state index is 12.9. The summed E-state index contributed by atoms with van der Waals surface area (Å²) < 4.78 is 1.96. The van der Waals surface area contributed by atoms with Crippen LogP contribution in [0.3, 0.4) is 0 Å². The molecule has 8 heteroatoms. The summed E-state index contributed by atoms with van der Waals surface area (Å²) in [6, 6.07) is 29.1. The second-order valence-electron chi connectivity index (χ2n) is 12.0. The van der Waals surface area contributed by atoms with Gasteiger partial charge in [-0.05, 0) is 68.1 Å². The summed E-state index contributed by atoms with van der Waals surface area (Å²) in [5.74, 6) is 0. The zero-order valence-electron chi connectivity index (χ0n) is 25.0. The Kier molecular flexibility index (Phi) is 7.36. The largest absolute Gasteiger partial charge is 0.383 e. The van der Waals surface area contributed by atoms with Gasteiger partial charge in [-0.2, -0.15) is 0 Å². The molecule has 0 spiro atoms. The minimum Gasteiger partial charge on any atom is -0.383 e. The van der Waals surface area contributed by atoms with Gasteiger partial charge in [-0.15, -0.1) is 0 Å². The summed E-state index contributed by atoms with van der Waals surface area (Å²) >= 11 is 0. The SMILES string of the molecule is CC(C)Nc1ccc2[nH]c(=O)n(C3CCN(Cc4ccc(-c5nc6cc[nH]c(=O)c6cc5-c5ccccc5)cc4)CC3)c2c1. The number of rotatable bonds is 7. The van der Waals surface area contributed by atoms with Crippen LogP contribution in [0.4, 0.5) is 5.69 Å². The smallest absolute Gasteiger partial charge is 0.326 e. The Balaban J connectivity index is 1.09. The predicted octanol–water partition coefficient (Wildman–Crippen LogP) is 6.56. The third-order valence-electron chi connectivity index (χ3n) is 8.57. The Morgan fingerprint density at radius 1 is 0.909 bits per heavy atom. The van der Waals surface area contributed by atoms with Crippen LogP contribution in [0.1, 0.15) is 38.3 Å². The van der Waals surface area contributed by atoms with Gasteiger partial charge in [-0.1, -0.05) is 54.6 Å². The van der Waals surface area contributed by atoms with Gasteiger partial charge in [0.25, 0.3) is 5.56 Å². The highest BCUT2D eigenvalue weighted by molar-refractivity contribution is 5.91. The molecule has 3 aromatic heterocycles. The molecule has 3 aromatic carbocycles. The molecular formula is C36H36N6O2. The van der Waals surface area contributed by atoms with Gasteiger partial charge >= 0.3 is 5.69 Å². The first-order valence-corrected chi connectivity index (χ1v) is 15.3. The number of benzene rings is 3. The first-order valence-electron chi connectivity index (χ1n) is 15.3. The molecule has 0 saturated carbocycles. The van der Waals surface area contributed by atoms with E-state index >= 15 is 0 Å². The van der Waals surface area contributed by atoms with E-state index in [1.165, 1.54) is 5.56 Å². The molecule has 0 bridgehead atoms. The van der Waals surface area contributed by atoms with Crippen molar-refractivity contribution in [1.82, 2.24) is 24.4 Å². The standard InChI is InChI=1S/C36H36N6O2/c1-23(2)38-27-12-13-32-33(20-27)42(36(44)40-32)28-15-18-41(19-16-28)22-24-8-10-26(11-9-24)34-29(25-6-4-3-5-7-25)21-30-31(39-34)14-17-37-35(30)43/h3-14,17,20-21,23,28,38H,15-16,18-19,22H2,1-2H3,(H,37,43)(H,40,44). The molecule has 222 valence electrons. The van der Waals surface area contributed by atoms with Crippen LogP contribution in [0.2, 0.25) is 0 Å². The van der Waals surface area contributed by atoms with E-state index in [-0.39, 0.29) is 17.3 Å². The van der Waals surface area contributed by atoms with Gasteiger partial charge in [0.2, 0.25) is 0 Å². The molecule has 0 aliphatic carbocycles. The number of hydrogen-bond donors (Lipinski definition) is 3. The van der Waals surface area contributed by atoms with E-state index in [0.29, 0.717) is 16.9 Å². The molecule has 44 heavy (non-hydrogen) atoms. The molecule has 7 rings (SSSR count). The average Bonchev–Trinajstić information content (AvgIpc) is 3.36. The first-order chi connectivity index (χ1) is 21.4. The van der Waals surface area contributed by atoms with E-state index in [1.807, 2.05) is 59.2 Å². The van der Waals surface area contributed by atoms with Crippen LogP contribution in [0, 0.1) is 0 Å². The number of fused-ring (bicyclic) bond motifs is 2. The number of nitrogens with one attached hydrogen (secondary N) is 3. The van der Waals surface area contributed by atoms with Crippen molar-refractivity contribution in [2.75, 3.05) is 18.4 Å². The van der Waals surface area contributed by atoms with E-state index in [9.17, 15) is 9.59 Å². The fourth-order valence-electron chi connectivity index (χ4n) is 6.44. The Hall–Kier alpha value is -4.95. The lowest BCUT2D eigenvalue weighted by Crippen LogP contribution is -2.36. The maximum Gasteiger partial charge on any atom is 0.326 e. The fourth-order valence-corrected chi connectivity index (χ4v) is 6.44. The van der Waals surface area contributed by atoms with Gasteiger partial charge in [0.15, 0.2) is 0 Å². The van der Waals surface area contributed by atoms with Crippen LogP contribution in [-0.4, -0.2) is 43.6 Å². The number of aromatic nitrogens is 4. The number of H-pyrrole nitrogens is 2. The normalized spacial score (nSPS) is 14.5. The lowest BCUT2D eigenvalue weighted by Gasteiger charge is -2.32. The third kappa shape index (κ3) is 5.44. The minimum atomic E-state index is -0.139. The second kappa shape index (κ2) is 11.6. The van der Waals surface area contributed by atoms with Crippen molar-refractivity contribution in [2.24, 2.45) is 0 Å². The zero-order chi connectivity index (χ0) is 30.2. The van der Waals surface area contributed by atoms with Crippen molar-refractivity contribution in [2.45, 2.75) is 45.3 Å². The summed E-state index contributed by atoms with van der Waals surface area (Å²) in [6.45, 7) is 6.93. The molecule has 1 saturated heterocycles. The van der Waals surface area contributed by atoms with Gasteiger partial charge in [-0.3, -0.25) is 14.3 Å². The van der Waals surface area contributed by atoms with Crippen LogP contribution in [-0.2, 0) is 6.54 Å². The van der Waals surface area contributed by atoms with Crippen molar-refractivity contribution in [1.29, 1.82) is 0 Å².